The highest BCUT2D eigenvalue weighted by Crippen LogP contribution is 2.02. The number of carbonyl (C=O) groups is 2. The topological polar surface area (TPSA) is 54.4 Å². The van der Waals surface area contributed by atoms with Crippen molar-refractivity contribution in [3.63, 3.8) is 0 Å². The van der Waals surface area contributed by atoms with E-state index in [9.17, 15) is 18.4 Å². The Morgan fingerprint density at radius 2 is 1.80 bits per heavy atom. The Labute approximate surface area is 55.0 Å². The van der Waals surface area contributed by atoms with Gasteiger partial charge in [-0.25, -0.2) is 13.6 Å². The summed E-state index contributed by atoms with van der Waals surface area (Å²) in [5.74, 6) is -3.46. The first-order valence-corrected chi connectivity index (χ1v) is 2.21. The molecule has 1 N–H and O–H groups in total. The Morgan fingerprint density at radius 1 is 1.40 bits per heavy atom. The fourth-order valence-corrected chi connectivity index (χ4v) is 0.237. The number of carboxylic acids is 1. The van der Waals surface area contributed by atoms with Crippen molar-refractivity contribution in [1.82, 2.24) is 0 Å². The largest absolute Gasteiger partial charge is 0.478 e. The summed E-state index contributed by atoms with van der Waals surface area (Å²) in [6, 6.07) is 0. The number of carboxylic acid groups (broad SMARTS) is 1. The SMILES string of the molecule is C=C(C(=O)O)C(=O)C(F)F. The van der Waals surface area contributed by atoms with E-state index in [-0.39, 0.29) is 0 Å². The number of halogens is 2. The molecule has 0 spiro atoms. The average Bonchev–Trinajstić information content (AvgIpc) is 1.84. The van der Waals surface area contributed by atoms with E-state index in [1.807, 2.05) is 0 Å². The van der Waals surface area contributed by atoms with Crippen molar-refractivity contribution in [3.8, 4) is 0 Å². The number of alkyl halides is 2. The maximum atomic E-state index is 11.4. The lowest BCUT2D eigenvalue weighted by Gasteiger charge is -1.95. The molecule has 0 radical (unpaired) electrons. The quantitative estimate of drug-likeness (QED) is 0.361. The van der Waals surface area contributed by atoms with Crippen LogP contribution in [0.1, 0.15) is 0 Å². The highest BCUT2D eigenvalue weighted by Gasteiger charge is 2.23. The van der Waals surface area contributed by atoms with Gasteiger partial charge in [0, 0.05) is 0 Å². The molecule has 0 bridgehead atoms. The van der Waals surface area contributed by atoms with E-state index >= 15 is 0 Å². The molecule has 0 aromatic carbocycles. The number of carbonyl (C=O) groups excluding carboxylic acids is 1. The molecule has 0 saturated heterocycles. The molecule has 0 aliphatic heterocycles. The minimum Gasteiger partial charge on any atom is -0.478 e. The molecule has 0 aliphatic rings. The summed E-state index contributed by atoms with van der Waals surface area (Å²) < 4.78 is 22.7. The smallest absolute Gasteiger partial charge is 0.338 e. The third-order valence-electron chi connectivity index (χ3n) is 0.754. The summed E-state index contributed by atoms with van der Waals surface area (Å²) in [5.41, 5.74) is -1.09. The van der Waals surface area contributed by atoms with Crippen LogP contribution in [0.4, 0.5) is 8.78 Å². The van der Waals surface area contributed by atoms with Gasteiger partial charge >= 0.3 is 12.4 Å². The van der Waals surface area contributed by atoms with Crippen LogP contribution in [-0.4, -0.2) is 23.3 Å². The van der Waals surface area contributed by atoms with Gasteiger partial charge in [-0.15, -0.1) is 0 Å². The minimum absolute atomic E-state index is 1.09. The van der Waals surface area contributed by atoms with Crippen molar-refractivity contribution in [2.24, 2.45) is 0 Å². The van der Waals surface area contributed by atoms with Gasteiger partial charge in [0.2, 0.25) is 5.78 Å². The molecule has 56 valence electrons. The number of rotatable bonds is 3. The number of Topliss-reactive ketones (excluding diaryl/α,β-unsaturated/α-hetero) is 1. The highest BCUT2D eigenvalue weighted by molar-refractivity contribution is 6.17. The van der Waals surface area contributed by atoms with E-state index in [0.717, 1.165) is 0 Å². The first kappa shape index (κ1) is 8.74. The molecule has 0 aromatic rings. The van der Waals surface area contributed by atoms with Crippen molar-refractivity contribution in [2.45, 2.75) is 6.43 Å². The summed E-state index contributed by atoms with van der Waals surface area (Å²) in [6.07, 6.45) is -3.29. The fourth-order valence-electron chi connectivity index (χ4n) is 0.237. The van der Waals surface area contributed by atoms with Crippen LogP contribution < -0.4 is 0 Å². The predicted octanol–water partition coefficient (Wildman–Crippen LogP) is 0.461. The normalized spacial score (nSPS) is 9.50. The molecule has 0 saturated carbocycles. The number of ketones is 1. The van der Waals surface area contributed by atoms with E-state index in [1.165, 1.54) is 0 Å². The molecule has 0 aromatic heterocycles. The third kappa shape index (κ3) is 1.93. The van der Waals surface area contributed by atoms with Gasteiger partial charge in [0.15, 0.2) is 0 Å². The molecule has 0 rings (SSSR count). The van der Waals surface area contributed by atoms with E-state index in [0.29, 0.717) is 0 Å². The summed E-state index contributed by atoms with van der Waals surface area (Å²) in [5, 5.41) is 7.95. The van der Waals surface area contributed by atoms with Crippen LogP contribution >= 0.6 is 0 Å². The van der Waals surface area contributed by atoms with E-state index in [1.54, 1.807) is 0 Å². The second kappa shape index (κ2) is 3.05. The zero-order valence-corrected chi connectivity index (χ0v) is 4.80. The second-order valence-corrected chi connectivity index (χ2v) is 1.45. The molecular weight excluding hydrogens is 146 g/mol. The monoisotopic (exact) mass is 150 g/mol. The van der Waals surface area contributed by atoms with Crippen LogP contribution in [0.5, 0.6) is 0 Å². The van der Waals surface area contributed by atoms with Crippen LogP contribution in [-0.2, 0) is 9.59 Å². The van der Waals surface area contributed by atoms with Crippen LogP contribution in [0, 0.1) is 0 Å². The summed E-state index contributed by atoms with van der Waals surface area (Å²) in [6.45, 7) is 2.65. The van der Waals surface area contributed by atoms with Gasteiger partial charge in [-0.1, -0.05) is 6.58 Å². The van der Waals surface area contributed by atoms with Crippen molar-refractivity contribution in [1.29, 1.82) is 0 Å². The molecule has 3 nitrogen and oxygen atoms in total. The van der Waals surface area contributed by atoms with Crippen molar-refractivity contribution >= 4 is 11.8 Å². The summed E-state index contributed by atoms with van der Waals surface area (Å²) >= 11 is 0. The van der Waals surface area contributed by atoms with Crippen LogP contribution in [0.2, 0.25) is 0 Å². The number of hydrogen-bond donors (Lipinski definition) is 1. The third-order valence-corrected chi connectivity index (χ3v) is 0.754. The molecule has 0 unspecified atom stereocenters. The van der Waals surface area contributed by atoms with Gasteiger partial charge in [0.1, 0.15) is 5.57 Å². The Bertz CT molecular complexity index is 185. The first-order chi connectivity index (χ1) is 4.46. The second-order valence-electron chi connectivity index (χ2n) is 1.45. The van der Waals surface area contributed by atoms with Gasteiger partial charge in [-0.3, -0.25) is 4.79 Å². The molecule has 0 aliphatic carbocycles. The molecular formula is C5H4F2O3. The van der Waals surface area contributed by atoms with Crippen LogP contribution in [0.3, 0.4) is 0 Å². The summed E-state index contributed by atoms with van der Waals surface area (Å²) in [4.78, 5) is 19.8. The number of aliphatic carboxylic acids is 1. The van der Waals surface area contributed by atoms with Gasteiger partial charge in [0.25, 0.3) is 0 Å². The lowest BCUT2D eigenvalue weighted by molar-refractivity contribution is -0.137. The Morgan fingerprint density at radius 3 is 1.90 bits per heavy atom. The van der Waals surface area contributed by atoms with Crippen LogP contribution in [0.15, 0.2) is 12.2 Å². The average molecular weight is 150 g/mol. The van der Waals surface area contributed by atoms with Crippen molar-refractivity contribution in [2.75, 3.05) is 0 Å². The number of hydrogen-bond acceptors (Lipinski definition) is 2. The Hall–Kier alpha value is -1.26. The minimum atomic E-state index is -3.29. The Balaban J connectivity index is 4.24. The molecule has 0 atom stereocenters. The van der Waals surface area contributed by atoms with Gasteiger partial charge in [0.05, 0.1) is 0 Å². The van der Waals surface area contributed by atoms with Gasteiger partial charge in [-0.05, 0) is 0 Å². The highest BCUT2D eigenvalue weighted by atomic mass is 19.3. The maximum absolute atomic E-state index is 11.4. The lowest BCUT2D eigenvalue weighted by atomic mass is 10.2. The molecule has 10 heavy (non-hydrogen) atoms. The van der Waals surface area contributed by atoms with Crippen LogP contribution in [0.25, 0.3) is 0 Å². The predicted molar refractivity (Wildman–Crippen MR) is 27.8 cm³/mol. The van der Waals surface area contributed by atoms with Gasteiger partial charge < -0.3 is 5.11 Å². The van der Waals surface area contributed by atoms with Crippen molar-refractivity contribution in [3.05, 3.63) is 12.2 Å². The van der Waals surface area contributed by atoms with Crippen molar-refractivity contribution < 1.29 is 23.5 Å². The fraction of sp³-hybridized carbons (Fsp3) is 0.200. The molecule has 5 heteroatoms. The van der Waals surface area contributed by atoms with Gasteiger partial charge in [-0.2, -0.15) is 0 Å². The Kier molecular flexibility index (Phi) is 2.66. The zero-order chi connectivity index (χ0) is 8.31. The molecule has 0 heterocycles. The summed E-state index contributed by atoms with van der Waals surface area (Å²) in [7, 11) is 0. The van der Waals surface area contributed by atoms with E-state index < -0.39 is 23.8 Å². The molecule has 0 fully saturated rings. The first-order valence-electron chi connectivity index (χ1n) is 2.21. The van der Waals surface area contributed by atoms with E-state index in [2.05, 4.69) is 6.58 Å². The maximum Gasteiger partial charge on any atom is 0.338 e. The molecule has 0 amide bonds. The standard InChI is InChI=1S/C5H4F2O3/c1-2(5(9)10)3(8)4(6)7/h4H,1H2,(H,9,10). The van der Waals surface area contributed by atoms with E-state index in [4.69, 9.17) is 5.11 Å². The zero-order valence-electron chi connectivity index (χ0n) is 4.80. The lowest BCUT2D eigenvalue weighted by Crippen LogP contribution is -2.17.